The number of rotatable bonds is 2. The highest BCUT2D eigenvalue weighted by Gasteiger charge is 2.62. The zero-order chi connectivity index (χ0) is 11.6. The van der Waals surface area contributed by atoms with Crippen LogP contribution < -0.4 is 5.11 Å². The molecular formula is C13H18BrO2-. The fourth-order valence-electron chi connectivity index (χ4n) is 5.14. The van der Waals surface area contributed by atoms with E-state index in [4.69, 9.17) is 0 Å². The number of carboxylic acids is 1. The maximum absolute atomic E-state index is 11.5. The predicted molar refractivity (Wildman–Crippen MR) is 63.0 cm³/mol. The molecule has 0 N–H and O–H groups in total. The average Bonchev–Trinajstić information content (AvgIpc) is 2.13. The molecule has 0 heterocycles. The summed E-state index contributed by atoms with van der Waals surface area (Å²) in [6.07, 6.45) is 7.22. The monoisotopic (exact) mass is 285 g/mol. The summed E-state index contributed by atoms with van der Waals surface area (Å²) >= 11 is 3.85. The molecule has 2 nitrogen and oxygen atoms in total. The van der Waals surface area contributed by atoms with Crippen LogP contribution in [0.25, 0.3) is 0 Å². The highest BCUT2D eigenvalue weighted by Crippen LogP contribution is 2.69. The molecule has 4 rings (SSSR count). The first kappa shape index (κ1) is 11.1. The summed E-state index contributed by atoms with van der Waals surface area (Å²) in [5.41, 5.74) is -0.234. The van der Waals surface area contributed by atoms with Gasteiger partial charge in [0.2, 0.25) is 0 Å². The molecule has 16 heavy (non-hydrogen) atoms. The van der Waals surface area contributed by atoms with E-state index in [0.29, 0.717) is 5.92 Å². The third-order valence-electron chi connectivity index (χ3n) is 5.30. The summed E-state index contributed by atoms with van der Waals surface area (Å²) in [5.74, 6) is -0.188. The fourth-order valence-corrected chi connectivity index (χ4v) is 6.73. The van der Waals surface area contributed by atoms with Gasteiger partial charge in [-0.2, -0.15) is 0 Å². The van der Waals surface area contributed by atoms with Crippen LogP contribution in [-0.2, 0) is 4.79 Å². The average molecular weight is 286 g/mol. The molecule has 0 aromatic rings. The number of carbonyl (C=O) groups is 1. The van der Waals surface area contributed by atoms with Crippen LogP contribution in [-0.4, -0.2) is 10.3 Å². The molecule has 0 aliphatic heterocycles. The zero-order valence-electron chi connectivity index (χ0n) is 9.72. The standard InChI is InChI=1S/C13H19BrO2/c1-2-11-3-9-4-12(6-11,10(15)16)8-13(14,5-9)7-11/h9H,2-8H2,1H3,(H,15,16)/p-1/t9-,11-,12-,13+/m1/s1. The van der Waals surface area contributed by atoms with Gasteiger partial charge in [0.25, 0.3) is 0 Å². The Morgan fingerprint density at radius 2 is 2.06 bits per heavy atom. The predicted octanol–water partition coefficient (Wildman–Crippen LogP) is 2.25. The second-order valence-corrected chi connectivity index (χ2v) is 8.26. The minimum atomic E-state index is -0.793. The molecule has 90 valence electrons. The van der Waals surface area contributed by atoms with Crippen molar-refractivity contribution in [2.24, 2.45) is 16.7 Å². The Morgan fingerprint density at radius 1 is 1.31 bits per heavy atom. The Bertz CT molecular complexity index is 356. The fraction of sp³-hybridized carbons (Fsp3) is 0.923. The van der Waals surface area contributed by atoms with Gasteiger partial charge in [-0.15, -0.1) is 0 Å². The lowest BCUT2D eigenvalue weighted by Crippen LogP contribution is -2.62. The molecule has 0 radical (unpaired) electrons. The lowest BCUT2D eigenvalue weighted by molar-refractivity contribution is -0.328. The van der Waals surface area contributed by atoms with Gasteiger partial charge in [0.15, 0.2) is 0 Å². The van der Waals surface area contributed by atoms with Crippen molar-refractivity contribution < 1.29 is 9.90 Å². The van der Waals surface area contributed by atoms with Gasteiger partial charge in [-0.3, -0.25) is 0 Å². The maximum atomic E-state index is 11.5. The first-order valence-electron chi connectivity index (χ1n) is 6.31. The van der Waals surface area contributed by atoms with E-state index >= 15 is 0 Å². The highest BCUT2D eigenvalue weighted by molar-refractivity contribution is 9.10. The summed E-state index contributed by atoms with van der Waals surface area (Å²) in [5, 5.41) is 11.5. The Balaban J connectivity index is 2.04. The molecule has 0 aromatic carbocycles. The van der Waals surface area contributed by atoms with Crippen molar-refractivity contribution in [3.05, 3.63) is 0 Å². The number of alkyl halides is 1. The van der Waals surface area contributed by atoms with Crippen LogP contribution in [0.2, 0.25) is 0 Å². The lowest BCUT2D eigenvalue weighted by Gasteiger charge is -2.65. The molecule has 4 aliphatic rings. The van der Waals surface area contributed by atoms with Gasteiger partial charge >= 0.3 is 0 Å². The second-order valence-electron chi connectivity index (χ2n) is 6.58. The van der Waals surface area contributed by atoms with E-state index in [-0.39, 0.29) is 9.74 Å². The Morgan fingerprint density at radius 3 is 2.62 bits per heavy atom. The number of hydrogen-bond acceptors (Lipinski definition) is 2. The number of aliphatic carboxylic acids is 1. The minimum Gasteiger partial charge on any atom is -0.550 e. The molecule has 4 fully saturated rings. The Labute approximate surface area is 105 Å². The first-order chi connectivity index (χ1) is 7.41. The van der Waals surface area contributed by atoms with Crippen molar-refractivity contribution >= 4 is 21.9 Å². The van der Waals surface area contributed by atoms with Crippen LogP contribution >= 0.6 is 15.9 Å². The van der Waals surface area contributed by atoms with E-state index in [1.807, 2.05) is 0 Å². The molecule has 4 atom stereocenters. The van der Waals surface area contributed by atoms with E-state index in [2.05, 4.69) is 22.9 Å². The summed E-state index contributed by atoms with van der Waals surface area (Å²) < 4.78 is 0.0997. The number of halogens is 1. The molecule has 0 saturated heterocycles. The van der Waals surface area contributed by atoms with E-state index < -0.39 is 11.4 Å². The second kappa shape index (κ2) is 3.04. The first-order valence-corrected chi connectivity index (χ1v) is 7.11. The number of carboxylic acid groups (broad SMARTS) is 1. The molecule has 0 unspecified atom stereocenters. The lowest BCUT2D eigenvalue weighted by atomic mass is 9.43. The van der Waals surface area contributed by atoms with Gasteiger partial charge in [0.1, 0.15) is 0 Å². The Hall–Kier alpha value is -0.0500. The topological polar surface area (TPSA) is 40.1 Å². The molecular weight excluding hydrogens is 268 g/mol. The van der Waals surface area contributed by atoms with Crippen LogP contribution in [0.1, 0.15) is 51.9 Å². The summed E-state index contributed by atoms with van der Waals surface area (Å²) in [7, 11) is 0. The van der Waals surface area contributed by atoms with E-state index in [1.54, 1.807) is 0 Å². The van der Waals surface area contributed by atoms with Gasteiger partial charge in [0, 0.05) is 15.7 Å². The summed E-state index contributed by atoms with van der Waals surface area (Å²) in [6, 6.07) is 0. The van der Waals surface area contributed by atoms with Gasteiger partial charge in [-0.1, -0.05) is 29.3 Å². The largest absolute Gasteiger partial charge is 0.550 e. The van der Waals surface area contributed by atoms with E-state index in [1.165, 1.54) is 19.3 Å². The normalized spacial score (nSPS) is 54.2. The van der Waals surface area contributed by atoms with Crippen molar-refractivity contribution in [3.63, 3.8) is 0 Å². The van der Waals surface area contributed by atoms with Crippen molar-refractivity contribution in [2.45, 2.75) is 56.2 Å². The van der Waals surface area contributed by atoms with Crippen molar-refractivity contribution in [1.29, 1.82) is 0 Å². The smallest absolute Gasteiger partial charge is 0.0477 e. The van der Waals surface area contributed by atoms with Gasteiger partial charge in [0.05, 0.1) is 0 Å². The van der Waals surface area contributed by atoms with E-state index in [0.717, 1.165) is 25.7 Å². The van der Waals surface area contributed by atoms with Crippen LogP contribution in [0.4, 0.5) is 0 Å². The van der Waals surface area contributed by atoms with Crippen LogP contribution in [0.15, 0.2) is 0 Å². The van der Waals surface area contributed by atoms with Crippen LogP contribution in [0.3, 0.4) is 0 Å². The molecule has 3 heteroatoms. The van der Waals surface area contributed by atoms with Gasteiger partial charge in [-0.25, -0.2) is 0 Å². The van der Waals surface area contributed by atoms with Gasteiger partial charge in [-0.05, 0) is 49.9 Å². The SMILES string of the molecule is CC[C@]12C[C@H]3C[C@](Br)(C1)C[C@@](C(=O)[O-])(C3)C2. The number of hydrogen-bond donors (Lipinski definition) is 0. The van der Waals surface area contributed by atoms with Crippen LogP contribution in [0.5, 0.6) is 0 Å². The third-order valence-corrected chi connectivity index (χ3v) is 6.18. The molecule has 4 bridgehead atoms. The van der Waals surface area contributed by atoms with Crippen molar-refractivity contribution in [1.82, 2.24) is 0 Å². The number of carbonyl (C=O) groups excluding carboxylic acids is 1. The van der Waals surface area contributed by atoms with Crippen LogP contribution in [0, 0.1) is 16.7 Å². The van der Waals surface area contributed by atoms with Crippen molar-refractivity contribution in [3.8, 4) is 0 Å². The maximum Gasteiger partial charge on any atom is 0.0477 e. The highest BCUT2D eigenvalue weighted by atomic mass is 79.9. The molecule has 0 spiro atoms. The third kappa shape index (κ3) is 1.33. The quantitative estimate of drug-likeness (QED) is 0.730. The summed E-state index contributed by atoms with van der Waals surface area (Å²) in [6.45, 7) is 2.21. The minimum absolute atomic E-state index is 0.0997. The van der Waals surface area contributed by atoms with E-state index in [9.17, 15) is 9.90 Å². The Kier molecular flexibility index (Phi) is 2.10. The van der Waals surface area contributed by atoms with Crippen molar-refractivity contribution in [2.75, 3.05) is 0 Å². The molecule has 4 aliphatic carbocycles. The molecule has 0 amide bonds. The summed E-state index contributed by atoms with van der Waals surface area (Å²) in [4.78, 5) is 11.5. The molecule has 0 aromatic heterocycles. The zero-order valence-corrected chi connectivity index (χ0v) is 11.3. The van der Waals surface area contributed by atoms with Gasteiger partial charge < -0.3 is 9.90 Å². The molecule has 4 saturated carbocycles.